The maximum Gasteiger partial charge on any atom is 0.246 e. The number of rotatable bonds is 4. The third-order valence-electron chi connectivity index (χ3n) is 5.13. The van der Waals surface area contributed by atoms with E-state index in [1.54, 1.807) is 6.07 Å². The van der Waals surface area contributed by atoms with Gasteiger partial charge in [0.25, 0.3) is 0 Å². The highest BCUT2D eigenvalue weighted by Crippen LogP contribution is 2.33. The first-order chi connectivity index (χ1) is 12.3. The van der Waals surface area contributed by atoms with Crippen molar-refractivity contribution in [3.05, 3.63) is 23.3 Å². The van der Waals surface area contributed by atoms with Crippen molar-refractivity contribution >= 4 is 28.3 Å². The lowest BCUT2D eigenvalue weighted by Crippen LogP contribution is -2.57. The van der Waals surface area contributed by atoms with Gasteiger partial charge in [-0.15, -0.1) is 12.4 Å². The molecule has 0 saturated carbocycles. The first kappa shape index (κ1) is 21.9. The van der Waals surface area contributed by atoms with Crippen molar-refractivity contribution in [1.29, 1.82) is 0 Å². The fourth-order valence-corrected chi connectivity index (χ4v) is 5.74. The van der Waals surface area contributed by atoms with E-state index in [0.29, 0.717) is 31.9 Å². The van der Waals surface area contributed by atoms with E-state index >= 15 is 0 Å². The van der Waals surface area contributed by atoms with Gasteiger partial charge in [0.2, 0.25) is 15.9 Å². The van der Waals surface area contributed by atoms with Crippen molar-refractivity contribution in [3.8, 4) is 5.75 Å². The van der Waals surface area contributed by atoms with E-state index in [4.69, 9.17) is 4.74 Å². The number of methoxy groups -OCH3 is 1. The van der Waals surface area contributed by atoms with Gasteiger partial charge in [-0.05, 0) is 43.9 Å². The van der Waals surface area contributed by atoms with E-state index < -0.39 is 10.0 Å². The summed E-state index contributed by atoms with van der Waals surface area (Å²) in [5, 5.41) is 3.06. The third-order valence-corrected chi connectivity index (χ3v) is 7.00. The Labute approximate surface area is 167 Å². The van der Waals surface area contributed by atoms with Gasteiger partial charge in [-0.1, -0.05) is 6.07 Å². The fourth-order valence-electron chi connectivity index (χ4n) is 3.91. The molecule has 9 heteroatoms. The molecule has 2 saturated heterocycles. The highest BCUT2D eigenvalue weighted by atomic mass is 35.5. The zero-order valence-corrected chi connectivity index (χ0v) is 17.7. The Morgan fingerprint density at radius 2 is 1.96 bits per heavy atom. The quantitative estimate of drug-likeness (QED) is 0.799. The summed E-state index contributed by atoms with van der Waals surface area (Å²) in [6, 6.07) is 3.52. The van der Waals surface area contributed by atoms with Crippen LogP contribution in [0, 0.1) is 13.8 Å². The largest absolute Gasteiger partial charge is 0.495 e. The van der Waals surface area contributed by atoms with Gasteiger partial charge >= 0.3 is 0 Å². The molecule has 2 fully saturated rings. The Balaban J connectivity index is 0.00000261. The predicted molar refractivity (Wildman–Crippen MR) is 106 cm³/mol. The molecule has 2 aliphatic rings. The van der Waals surface area contributed by atoms with Crippen LogP contribution < -0.4 is 10.1 Å². The molecule has 1 N–H and O–H groups in total. The number of ether oxygens (including phenoxy) is 1. The number of halogens is 1. The second-order valence-corrected chi connectivity index (χ2v) is 8.94. The summed E-state index contributed by atoms with van der Waals surface area (Å²) in [4.78, 5) is 14.2. The average Bonchev–Trinajstić information content (AvgIpc) is 2.61. The van der Waals surface area contributed by atoms with Gasteiger partial charge in [-0.25, -0.2) is 8.42 Å². The maximum absolute atomic E-state index is 13.3. The molecule has 3 rings (SSSR count). The highest BCUT2D eigenvalue weighted by Gasteiger charge is 2.36. The van der Waals surface area contributed by atoms with Crippen molar-refractivity contribution in [1.82, 2.24) is 14.5 Å². The summed E-state index contributed by atoms with van der Waals surface area (Å²) in [7, 11) is -2.19. The molecule has 0 spiro atoms. The van der Waals surface area contributed by atoms with E-state index in [9.17, 15) is 13.2 Å². The summed E-state index contributed by atoms with van der Waals surface area (Å²) >= 11 is 0. The van der Waals surface area contributed by atoms with Crippen LogP contribution in [0.2, 0.25) is 0 Å². The summed E-state index contributed by atoms with van der Waals surface area (Å²) in [5.41, 5.74) is 1.68. The zero-order valence-electron chi connectivity index (χ0n) is 16.0. The second-order valence-electron chi connectivity index (χ2n) is 7.04. The maximum atomic E-state index is 13.3. The third kappa shape index (κ3) is 4.39. The Hall–Kier alpha value is -1.35. The normalized spacial score (nSPS) is 21.7. The molecular formula is C18H28ClN3O4S. The molecule has 2 heterocycles. The lowest BCUT2D eigenvalue weighted by atomic mass is 10.1. The molecule has 0 aromatic heterocycles. The molecule has 7 nitrogen and oxygen atoms in total. The number of carbonyl (C=O) groups is 1. The Kier molecular flexibility index (Phi) is 7.13. The number of nitrogens with one attached hydrogen (secondary N) is 1. The molecule has 152 valence electrons. The molecule has 1 amide bonds. The summed E-state index contributed by atoms with van der Waals surface area (Å²) < 4.78 is 33.5. The van der Waals surface area contributed by atoms with Crippen LogP contribution in [0.15, 0.2) is 17.0 Å². The number of piperidine rings is 1. The Morgan fingerprint density at radius 3 is 2.63 bits per heavy atom. The molecule has 27 heavy (non-hydrogen) atoms. The van der Waals surface area contributed by atoms with Crippen LogP contribution in [0.4, 0.5) is 0 Å². The summed E-state index contributed by atoms with van der Waals surface area (Å²) in [6.07, 6.45) is 1.58. The van der Waals surface area contributed by atoms with Crippen molar-refractivity contribution in [2.75, 3.05) is 39.8 Å². The van der Waals surface area contributed by atoms with Gasteiger partial charge in [0.15, 0.2) is 0 Å². The molecular weight excluding hydrogens is 390 g/mol. The van der Waals surface area contributed by atoms with E-state index in [1.807, 2.05) is 24.8 Å². The van der Waals surface area contributed by atoms with Crippen molar-refractivity contribution in [3.63, 3.8) is 0 Å². The van der Waals surface area contributed by atoms with Crippen molar-refractivity contribution < 1.29 is 17.9 Å². The predicted octanol–water partition coefficient (Wildman–Crippen LogP) is 1.32. The van der Waals surface area contributed by atoms with Gasteiger partial charge in [0, 0.05) is 32.2 Å². The van der Waals surface area contributed by atoms with E-state index in [0.717, 1.165) is 30.5 Å². The van der Waals surface area contributed by atoms with E-state index in [-0.39, 0.29) is 29.3 Å². The lowest BCUT2D eigenvalue weighted by Gasteiger charge is -2.40. The van der Waals surface area contributed by atoms with Crippen LogP contribution in [0.1, 0.15) is 24.0 Å². The molecule has 1 aromatic carbocycles. The standard InChI is InChI=1S/C18H27N3O4S.ClH/c1-13-9-14(2)18(25-3)16(10-13)26(23,24)20-7-4-5-15(12-20)21-8-6-19-11-17(21)22;/h9-10,15,19H,4-8,11-12H2,1-3H3;1H. The molecule has 0 aliphatic carbocycles. The molecule has 2 aliphatic heterocycles. The van der Waals surface area contributed by atoms with Crippen LogP contribution in [0.5, 0.6) is 5.75 Å². The topological polar surface area (TPSA) is 79.0 Å². The molecule has 1 aromatic rings. The number of hydrogen-bond acceptors (Lipinski definition) is 5. The number of aryl methyl sites for hydroxylation is 2. The minimum absolute atomic E-state index is 0. The fraction of sp³-hybridized carbons (Fsp3) is 0.611. The number of carbonyl (C=O) groups excluding carboxylic acids is 1. The lowest BCUT2D eigenvalue weighted by molar-refractivity contribution is -0.135. The van der Waals surface area contributed by atoms with Crippen molar-refractivity contribution in [2.45, 2.75) is 37.6 Å². The Morgan fingerprint density at radius 1 is 1.22 bits per heavy atom. The first-order valence-corrected chi connectivity index (χ1v) is 10.4. The van der Waals surface area contributed by atoms with Crippen LogP contribution in [0.25, 0.3) is 0 Å². The number of benzene rings is 1. The number of nitrogens with zero attached hydrogens (tertiary/aromatic N) is 2. The van der Waals surface area contributed by atoms with Crippen LogP contribution in [-0.4, -0.2) is 69.4 Å². The van der Waals surface area contributed by atoms with Gasteiger partial charge in [0.05, 0.1) is 13.7 Å². The minimum atomic E-state index is -3.68. The Bertz CT molecular complexity index is 800. The number of hydrogen-bond donors (Lipinski definition) is 1. The first-order valence-electron chi connectivity index (χ1n) is 9.00. The van der Waals surface area contributed by atoms with Crippen molar-refractivity contribution in [2.24, 2.45) is 0 Å². The van der Waals surface area contributed by atoms with E-state index in [1.165, 1.54) is 11.4 Å². The van der Waals surface area contributed by atoms with Crippen LogP contribution in [-0.2, 0) is 14.8 Å². The number of amides is 1. The molecule has 1 unspecified atom stereocenters. The number of piperazine rings is 1. The smallest absolute Gasteiger partial charge is 0.246 e. The van der Waals surface area contributed by atoms with E-state index in [2.05, 4.69) is 5.32 Å². The number of sulfonamides is 1. The average molecular weight is 418 g/mol. The second kappa shape index (κ2) is 8.77. The molecule has 0 bridgehead atoms. The molecule has 1 atom stereocenters. The monoisotopic (exact) mass is 417 g/mol. The summed E-state index contributed by atoms with van der Waals surface area (Å²) in [5.74, 6) is 0.445. The van der Waals surface area contributed by atoms with Gasteiger partial charge in [-0.2, -0.15) is 4.31 Å². The molecule has 0 radical (unpaired) electrons. The van der Waals surface area contributed by atoms with Gasteiger partial charge < -0.3 is 15.0 Å². The van der Waals surface area contributed by atoms with Crippen LogP contribution in [0.3, 0.4) is 0 Å². The zero-order chi connectivity index (χ0) is 18.9. The van der Waals surface area contributed by atoms with Gasteiger partial charge in [-0.3, -0.25) is 4.79 Å². The van der Waals surface area contributed by atoms with Crippen LogP contribution >= 0.6 is 12.4 Å². The minimum Gasteiger partial charge on any atom is -0.495 e. The summed E-state index contributed by atoms with van der Waals surface area (Å²) in [6.45, 7) is 6.24. The SMILES string of the molecule is COc1c(C)cc(C)cc1S(=O)(=O)N1CCCC(N2CCNCC2=O)C1.Cl. The van der Waals surface area contributed by atoms with Gasteiger partial charge in [0.1, 0.15) is 10.6 Å². The highest BCUT2D eigenvalue weighted by molar-refractivity contribution is 7.89.